The van der Waals surface area contributed by atoms with Gasteiger partial charge in [0.05, 0.1) is 23.3 Å². The number of aliphatic hydroxyl groups is 1. The number of carbonyl (C=O) groups is 2. The molecule has 0 aromatic heterocycles. The third kappa shape index (κ3) is 1.64. The molecule has 0 bridgehead atoms. The highest BCUT2D eigenvalue weighted by Gasteiger charge is 2.45. The second kappa shape index (κ2) is 3.65. The zero-order chi connectivity index (χ0) is 12.9. The van der Waals surface area contributed by atoms with E-state index < -0.39 is 5.60 Å². The van der Waals surface area contributed by atoms with Crippen LogP contribution in [0.15, 0.2) is 24.3 Å². The third-order valence-electron chi connectivity index (χ3n) is 3.81. The van der Waals surface area contributed by atoms with E-state index in [2.05, 4.69) is 0 Å². The lowest BCUT2D eigenvalue weighted by atomic mass is 10.00. The van der Waals surface area contributed by atoms with Crippen LogP contribution in [0.1, 0.15) is 40.5 Å². The van der Waals surface area contributed by atoms with Crippen LogP contribution in [0.4, 0.5) is 0 Å². The summed E-state index contributed by atoms with van der Waals surface area (Å²) in [6.45, 7) is 1.79. The van der Waals surface area contributed by atoms with Gasteiger partial charge in [0, 0.05) is 0 Å². The molecule has 1 saturated carbocycles. The van der Waals surface area contributed by atoms with Gasteiger partial charge in [-0.2, -0.15) is 0 Å². The standard InChI is InChI=1S/C14H15NO3/c1-14(18,9-6-7-9)8-15-12(16)10-4-2-3-5-11(10)13(15)17/h2-5,9,18H,6-8H2,1H3. The molecule has 18 heavy (non-hydrogen) atoms. The van der Waals surface area contributed by atoms with Gasteiger partial charge >= 0.3 is 0 Å². The van der Waals surface area contributed by atoms with E-state index in [0.29, 0.717) is 11.1 Å². The van der Waals surface area contributed by atoms with Crippen LogP contribution in [0.25, 0.3) is 0 Å². The van der Waals surface area contributed by atoms with Crippen molar-refractivity contribution >= 4 is 11.8 Å². The van der Waals surface area contributed by atoms with Gasteiger partial charge in [0.25, 0.3) is 11.8 Å². The molecular formula is C14H15NO3. The fraction of sp³-hybridized carbons (Fsp3) is 0.429. The normalized spacial score (nSPS) is 22.0. The lowest BCUT2D eigenvalue weighted by molar-refractivity contribution is 0.00540. The van der Waals surface area contributed by atoms with Crippen molar-refractivity contribution in [1.82, 2.24) is 4.90 Å². The first-order valence-corrected chi connectivity index (χ1v) is 6.18. The highest BCUT2D eigenvalue weighted by molar-refractivity contribution is 6.21. The van der Waals surface area contributed by atoms with Crippen molar-refractivity contribution in [2.45, 2.75) is 25.4 Å². The highest BCUT2D eigenvalue weighted by Crippen LogP contribution is 2.40. The number of fused-ring (bicyclic) bond motifs is 1. The molecular weight excluding hydrogens is 230 g/mol. The quantitative estimate of drug-likeness (QED) is 0.820. The molecule has 2 aliphatic rings. The minimum absolute atomic E-state index is 0.0873. The minimum atomic E-state index is -0.965. The Bertz CT molecular complexity index is 497. The van der Waals surface area contributed by atoms with Crippen LogP contribution >= 0.6 is 0 Å². The van der Waals surface area contributed by atoms with E-state index in [4.69, 9.17) is 0 Å². The lowest BCUT2D eigenvalue weighted by Crippen LogP contribution is -2.45. The molecule has 1 unspecified atom stereocenters. The van der Waals surface area contributed by atoms with Crippen LogP contribution in [0.5, 0.6) is 0 Å². The van der Waals surface area contributed by atoms with Crippen molar-refractivity contribution in [3.05, 3.63) is 35.4 Å². The molecule has 4 heteroatoms. The lowest BCUT2D eigenvalue weighted by Gasteiger charge is -2.27. The van der Waals surface area contributed by atoms with Crippen molar-refractivity contribution in [3.8, 4) is 0 Å². The number of benzene rings is 1. The second-order valence-electron chi connectivity index (χ2n) is 5.37. The van der Waals surface area contributed by atoms with E-state index in [1.54, 1.807) is 31.2 Å². The van der Waals surface area contributed by atoms with Gasteiger partial charge in [0.15, 0.2) is 0 Å². The van der Waals surface area contributed by atoms with E-state index in [1.165, 1.54) is 4.90 Å². The number of hydrogen-bond acceptors (Lipinski definition) is 3. The van der Waals surface area contributed by atoms with Gasteiger partial charge in [-0.1, -0.05) is 12.1 Å². The average Bonchev–Trinajstić information content (AvgIpc) is 3.16. The fourth-order valence-electron chi connectivity index (χ4n) is 2.54. The maximum absolute atomic E-state index is 12.1. The highest BCUT2D eigenvalue weighted by atomic mass is 16.3. The summed E-state index contributed by atoms with van der Waals surface area (Å²) in [6, 6.07) is 6.79. The fourth-order valence-corrected chi connectivity index (χ4v) is 2.54. The molecule has 94 valence electrons. The predicted octanol–water partition coefficient (Wildman–Crippen LogP) is 1.44. The molecule has 1 atom stereocenters. The van der Waals surface area contributed by atoms with Crippen LogP contribution in [-0.4, -0.2) is 34.0 Å². The van der Waals surface area contributed by atoms with Crippen LogP contribution < -0.4 is 0 Å². The Morgan fingerprint density at radius 2 is 1.72 bits per heavy atom. The van der Waals surface area contributed by atoms with Gasteiger partial charge in [0.1, 0.15) is 0 Å². The largest absolute Gasteiger partial charge is 0.388 e. The molecule has 1 aliphatic heterocycles. The van der Waals surface area contributed by atoms with Crippen LogP contribution in [-0.2, 0) is 0 Å². The zero-order valence-electron chi connectivity index (χ0n) is 10.2. The topological polar surface area (TPSA) is 57.6 Å². The first-order chi connectivity index (χ1) is 8.50. The van der Waals surface area contributed by atoms with E-state index in [9.17, 15) is 14.7 Å². The molecule has 1 heterocycles. The van der Waals surface area contributed by atoms with Gasteiger partial charge in [-0.15, -0.1) is 0 Å². The van der Waals surface area contributed by atoms with E-state index in [0.717, 1.165) is 12.8 Å². The minimum Gasteiger partial charge on any atom is -0.388 e. The van der Waals surface area contributed by atoms with Crippen LogP contribution in [0.2, 0.25) is 0 Å². The summed E-state index contributed by atoms with van der Waals surface area (Å²) in [5.41, 5.74) is -0.0870. The summed E-state index contributed by atoms with van der Waals surface area (Å²) in [5, 5.41) is 10.3. The van der Waals surface area contributed by atoms with Gasteiger partial charge in [0.2, 0.25) is 0 Å². The number of nitrogens with zero attached hydrogens (tertiary/aromatic N) is 1. The van der Waals surface area contributed by atoms with Crippen LogP contribution in [0.3, 0.4) is 0 Å². The second-order valence-corrected chi connectivity index (χ2v) is 5.37. The Labute approximate surface area is 105 Å². The summed E-state index contributed by atoms with van der Waals surface area (Å²) in [7, 11) is 0. The first kappa shape index (κ1) is 11.4. The summed E-state index contributed by atoms with van der Waals surface area (Å²) in [4.78, 5) is 25.4. The maximum atomic E-state index is 12.1. The molecule has 4 nitrogen and oxygen atoms in total. The van der Waals surface area contributed by atoms with Gasteiger partial charge < -0.3 is 5.11 Å². The summed E-state index contributed by atoms with van der Waals surface area (Å²) in [5.74, 6) is -0.380. The van der Waals surface area contributed by atoms with Crippen molar-refractivity contribution in [1.29, 1.82) is 0 Å². The van der Waals surface area contributed by atoms with Crippen molar-refractivity contribution in [2.75, 3.05) is 6.54 Å². The predicted molar refractivity (Wildman–Crippen MR) is 65.2 cm³/mol. The number of imide groups is 1. The Morgan fingerprint density at radius 1 is 1.22 bits per heavy atom. The third-order valence-corrected chi connectivity index (χ3v) is 3.81. The van der Waals surface area contributed by atoms with E-state index >= 15 is 0 Å². The summed E-state index contributed by atoms with van der Waals surface area (Å²) < 4.78 is 0. The van der Waals surface area contributed by atoms with E-state index in [1.807, 2.05) is 0 Å². The zero-order valence-corrected chi connectivity index (χ0v) is 10.2. The SMILES string of the molecule is CC(O)(CN1C(=O)c2ccccc2C1=O)C1CC1. The molecule has 3 rings (SSSR count). The summed E-state index contributed by atoms with van der Waals surface area (Å²) >= 11 is 0. The molecule has 1 aliphatic carbocycles. The number of β-amino-alcohol motifs (C(OH)–C–C–N with tert-alkyl or cyclic N) is 1. The molecule has 0 saturated heterocycles. The number of rotatable bonds is 3. The molecule has 1 aromatic rings. The van der Waals surface area contributed by atoms with Gasteiger partial charge in [-0.3, -0.25) is 14.5 Å². The Hall–Kier alpha value is -1.68. The Kier molecular flexibility index (Phi) is 2.32. The van der Waals surface area contributed by atoms with E-state index in [-0.39, 0.29) is 24.3 Å². The smallest absolute Gasteiger partial charge is 0.261 e. The average molecular weight is 245 g/mol. The van der Waals surface area contributed by atoms with Gasteiger partial charge in [-0.25, -0.2) is 0 Å². The molecule has 1 aromatic carbocycles. The van der Waals surface area contributed by atoms with Crippen LogP contribution in [0, 0.1) is 5.92 Å². The maximum Gasteiger partial charge on any atom is 0.261 e. The van der Waals surface area contributed by atoms with Crippen molar-refractivity contribution in [3.63, 3.8) is 0 Å². The van der Waals surface area contributed by atoms with Crippen molar-refractivity contribution in [2.24, 2.45) is 5.92 Å². The molecule has 1 N–H and O–H groups in total. The first-order valence-electron chi connectivity index (χ1n) is 6.18. The molecule has 1 fully saturated rings. The Balaban J connectivity index is 1.88. The number of carbonyl (C=O) groups excluding carboxylic acids is 2. The Morgan fingerprint density at radius 3 is 2.17 bits per heavy atom. The number of amides is 2. The molecule has 0 spiro atoms. The summed E-state index contributed by atoms with van der Waals surface area (Å²) in [6.07, 6.45) is 1.94. The monoisotopic (exact) mass is 245 g/mol. The number of hydrogen-bond donors (Lipinski definition) is 1. The van der Waals surface area contributed by atoms with Crippen molar-refractivity contribution < 1.29 is 14.7 Å². The molecule has 0 radical (unpaired) electrons. The molecule has 2 amide bonds. The van der Waals surface area contributed by atoms with Gasteiger partial charge in [-0.05, 0) is 37.8 Å².